The molecule has 0 aliphatic carbocycles. The van der Waals surface area contributed by atoms with Gasteiger partial charge in [0, 0.05) is 25.2 Å². The molecular formula is C10H21N3O. The van der Waals surface area contributed by atoms with Gasteiger partial charge in [0.05, 0.1) is 6.54 Å². The maximum atomic E-state index is 10.8. The second kappa shape index (κ2) is 5.44. The molecule has 0 amide bonds. The van der Waals surface area contributed by atoms with Crippen LogP contribution in [0.25, 0.3) is 0 Å². The number of ketones is 1. The lowest BCUT2D eigenvalue weighted by molar-refractivity contribution is -0.116. The Morgan fingerprint density at radius 2 is 2.07 bits per heavy atom. The van der Waals surface area contributed by atoms with Crippen molar-refractivity contribution >= 4 is 5.78 Å². The molecule has 1 fully saturated rings. The molecule has 1 heterocycles. The highest BCUT2D eigenvalue weighted by Crippen LogP contribution is 2.08. The van der Waals surface area contributed by atoms with Crippen LogP contribution in [-0.2, 0) is 4.79 Å². The van der Waals surface area contributed by atoms with Crippen molar-refractivity contribution in [2.24, 2.45) is 0 Å². The van der Waals surface area contributed by atoms with Gasteiger partial charge in [0.2, 0.25) is 0 Å². The minimum Gasteiger partial charge on any atom is -0.316 e. The lowest BCUT2D eigenvalue weighted by Gasteiger charge is -2.35. The zero-order valence-electron chi connectivity index (χ0n) is 9.34. The second-order valence-electron chi connectivity index (χ2n) is 4.22. The van der Waals surface area contributed by atoms with Crippen LogP contribution in [0.3, 0.4) is 0 Å². The van der Waals surface area contributed by atoms with E-state index in [1.165, 1.54) is 0 Å². The average Bonchev–Trinajstić information content (AvgIpc) is 2.14. The van der Waals surface area contributed by atoms with Crippen LogP contribution in [0, 0.1) is 0 Å². The zero-order chi connectivity index (χ0) is 10.6. The van der Waals surface area contributed by atoms with Gasteiger partial charge in [-0.2, -0.15) is 0 Å². The van der Waals surface area contributed by atoms with Crippen LogP contribution in [0.4, 0.5) is 0 Å². The third-order valence-corrected chi connectivity index (χ3v) is 2.68. The molecule has 0 aromatic rings. The molecule has 0 saturated carbocycles. The standard InChI is InChI=1S/C10H21N3O/c1-8(14)5-12-10-4-9(11-2)6-13(3)7-10/h9-12H,4-7H2,1-3H3. The Morgan fingerprint density at radius 1 is 1.43 bits per heavy atom. The van der Waals surface area contributed by atoms with Crippen LogP contribution < -0.4 is 10.6 Å². The lowest BCUT2D eigenvalue weighted by Crippen LogP contribution is -2.53. The highest BCUT2D eigenvalue weighted by molar-refractivity contribution is 5.77. The fraction of sp³-hybridized carbons (Fsp3) is 0.900. The highest BCUT2D eigenvalue weighted by atomic mass is 16.1. The molecule has 82 valence electrons. The first-order valence-corrected chi connectivity index (χ1v) is 5.20. The van der Waals surface area contributed by atoms with E-state index >= 15 is 0 Å². The molecule has 1 aliphatic rings. The van der Waals surface area contributed by atoms with E-state index in [0.29, 0.717) is 18.6 Å². The van der Waals surface area contributed by atoms with Crippen molar-refractivity contribution in [3.63, 3.8) is 0 Å². The molecule has 1 rings (SSSR count). The first-order valence-electron chi connectivity index (χ1n) is 5.20. The Morgan fingerprint density at radius 3 is 2.64 bits per heavy atom. The summed E-state index contributed by atoms with van der Waals surface area (Å²) in [4.78, 5) is 13.1. The van der Waals surface area contributed by atoms with E-state index in [1.807, 2.05) is 7.05 Å². The molecule has 1 saturated heterocycles. The van der Waals surface area contributed by atoms with Gasteiger partial charge in [-0.25, -0.2) is 0 Å². The minimum atomic E-state index is 0.208. The van der Waals surface area contributed by atoms with E-state index in [2.05, 4.69) is 22.6 Å². The molecule has 0 aromatic heterocycles. The van der Waals surface area contributed by atoms with Gasteiger partial charge >= 0.3 is 0 Å². The number of nitrogens with zero attached hydrogens (tertiary/aromatic N) is 1. The van der Waals surface area contributed by atoms with Gasteiger partial charge in [-0.05, 0) is 27.4 Å². The molecule has 2 unspecified atom stereocenters. The second-order valence-corrected chi connectivity index (χ2v) is 4.22. The Bertz CT molecular complexity index is 196. The van der Waals surface area contributed by atoms with Crippen molar-refractivity contribution in [3.8, 4) is 0 Å². The van der Waals surface area contributed by atoms with Crippen LogP contribution in [0.15, 0.2) is 0 Å². The Hall–Kier alpha value is -0.450. The molecule has 1 aliphatic heterocycles. The number of likely N-dealkylation sites (N-methyl/N-ethyl adjacent to an activating group) is 2. The van der Waals surface area contributed by atoms with Gasteiger partial charge in [-0.3, -0.25) is 4.79 Å². The van der Waals surface area contributed by atoms with Gasteiger partial charge in [0.1, 0.15) is 5.78 Å². The van der Waals surface area contributed by atoms with Crippen molar-refractivity contribution in [3.05, 3.63) is 0 Å². The first-order chi connectivity index (χ1) is 6.61. The predicted octanol–water partition coefficient (Wildman–Crippen LogP) is -0.543. The van der Waals surface area contributed by atoms with Crippen LogP contribution in [0.1, 0.15) is 13.3 Å². The summed E-state index contributed by atoms with van der Waals surface area (Å²) in [6.07, 6.45) is 1.11. The number of hydrogen-bond donors (Lipinski definition) is 2. The smallest absolute Gasteiger partial charge is 0.143 e. The van der Waals surface area contributed by atoms with Gasteiger partial charge in [0.15, 0.2) is 0 Å². The van der Waals surface area contributed by atoms with Crippen molar-refractivity contribution in [2.45, 2.75) is 25.4 Å². The van der Waals surface area contributed by atoms with E-state index in [-0.39, 0.29) is 5.78 Å². The summed E-state index contributed by atoms with van der Waals surface area (Å²) < 4.78 is 0. The molecule has 0 radical (unpaired) electrons. The molecule has 4 heteroatoms. The maximum Gasteiger partial charge on any atom is 0.143 e. The van der Waals surface area contributed by atoms with Gasteiger partial charge in [0.25, 0.3) is 0 Å². The SMILES string of the molecule is CNC1CC(NCC(C)=O)CN(C)C1. The van der Waals surface area contributed by atoms with Gasteiger partial charge in [-0.1, -0.05) is 0 Å². The molecule has 0 bridgehead atoms. The number of hydrogen-bond acceptors (Lipinski definition) is 4. The third kappa shape index (κ3) is 3.74. The fourth-order valence-corrected chi connectivity index (χ4v) is 1.96. The number of rotatable bonds is 4. The number of likely N-dealkylation sites (tertiary alicyclic amines) is 1. The van der Waals surface area contributed by atoms with Crippen molar-refractivity contribution in [1.82, 2.24) is 15.5 Å². The van der Waals surface area contributed by atoms with Gasteiger partial charge < -0.3 is 15.5 Å². The molecule has 0 spiro atoms. The monoisotopic (exact) mass is 199 g/mol. The summed E-state index contributed by atoms with van der Waals surface area (Å²) in [7, 11) is 4.11. The summed E-state index contributed by atoms with van der Waals surface area (Å²) in [5.41, 5.74) is 0. The van der Waals surface area contributed by atoms with E-state index < -0.39 is 0 Å². The molecule has 0 aromatic carbocycles. The number of nitrogens with one attached hydrogen (secondary N) is 2. The van der Waals surface area contributed by atoms with E-state index in [1.54, 1.807) is 6.92 Å². The van der Waals surface area contributed by atoms with Crippen molar-refractivity contribution in [1.29, 1.82) is 0 Å². The van der Waals surface area contributed by atoms with Gasteiger partial charge in [-0.15, -0.1) is 0 Å². The average molecular weight is 199 g/mol. The summed E-state index contributed by atoms with van der Waals surface area (Å²) in [5, 5.41) is 6.57. The largest absolute Gasteiger partial charge is 0.316 e. The van der Waals surface area contributed by atoms with Crippen molar-refractivity contribution in [2.75, 3.05) is 33.7 Å². The third-order valence-electron chi connectivity index (χ3n) is 2.68. The number of carbonyl (C=O) groups excluding carboxylic acids is 1. The Labute approximate surface area is 86.0 Å². The highest BCUT2D eigenvalue weighted by Gasteiger charge is 2.23. The van der Waals surface area contributed by atoms with Crippen LogP contribution >= 0.6 is 0 Å². The minimum absolute atomic E-state index is 0.208. The summed E-state index contributed by atoms with van der Waals surface area (Å²) in [6.45, 7) is 4.24. The topological polar surface area (TPSA) is 44.4 Å². The summed E-state index contributed by atoms with van der Waals surface area (Å²) in [5.74, 6) is 0.208. The van der Waals surface area contributed by atoms with Crippen LogP contribution in [0.5, 0.6) is 0 Å². The van der Waals surface area contributed by atoms with Crippen LogP contribution in [-0.4, -0.2) is 56.5 Å². The van der Waals surface area contributed by atoms with Crippen LogP contribution in [0.2, 0.25) is 0 Å². The lowest BCUT2D eigenvalue weighted by atomic mass is 10.0. The maximum absolute atomic E-state index is 10.8. The fourth-order valence-electron chi connectivity index (χ4n) is 1.96. The van der Waals surface area contributed by atoms with E-state index in [0.717, 1.165) is 19.5 Å². The molecule has 2 N–H and O–H groups in total. The molecule has 14 heavy (non-hydrogen) atoms. The van der Waals surface area contributed by atoms with E-state index in [4.69, 9.17) is 0 Å². The van der Waals surface area contributed by atoms with Crippen molar-refractivity contribution < 1.29 is 4.79 Å². The quantitative estimate of drug-likeness (QED) is 0.638. The Kier molecular flexibility index (Phi) is 4.51. The Balaban J connectivity index is 2.33. The molecule has 4 nitrogen and oxygen atoms in total. The first kappa shape index (κ1) is 11.6. The summed E-state index contributed by atoms with van der Waals surface area (Å²) in [6, 6.07) is 0.980. The molecular weight excluding hydrogens is 178 g/mol. The normalized spacial score (nSPS) is 29.1. The molecule has 2 atom stereocenters. The summed E-state index contributed by atoms with van der Waals surface area (Å²) >= 11 is 0. The number of carbonyl (C=O) groups is 1. The number of piperidine rings is 1. The predicted molar refractivity (Wildman–Crippen MR) is 57.4 cm³/mol. The number of Topliss-reactive ketones (excluding diaryl/α,β-unsaturated/α-hetero) is 1. The zero-order valence-corrected chi connectivity index (χ0v) is 9.34. The van der Waals surface area contributed by atoms with E-state index in [9.17, 15) is 4.79 Å².